The Morgan fingerprint density at radius 3 is 2.65 bits per heavy atom. The predicted molar refractivity (Wildman–Crippen MR) is 79.3 cm³/mol. The molecule has 0 amide bonds. The van der Waals surface area contributed by atoms with Crippen molar-refractivity contribution < 1.29 is 9.13 Å². The average Bonchev–Trinajstić information content (AvgIpc) is 2.81. The van der Waals surface area contributed by atoms with E-state index in [0.29, 0.717) is 10.2 Å². The Hall–Kier alpha value is -1.40. The molecular formula is C14H17BrFN3O. The van der Waals surface area contributed by atoms with Crippen molar-refractivity contribution in [2.45, 2.75) is 25.9 Å². The molecule has 0 aliphatic heterocycles. The molecular weight excluding hydrogens is 325 g/mol. The first-order valence-electron chi connectivity index (χ1n) is 6.27. The minimum Gasteiger partial charge on any atom is -0.493 e. The maximum Gasteiger partial charge on any atom is 0.161 e. The van der Waals surface area contributed by atoms with Crippen LogP contribution in [0.2, 0.25) is 0 Å². The molecule has 4 nitrogen and oxygen atoms in total. The van der Waals surface area contributed by atoms with Gasteiger partial charge in [-0.1, -0.05) is 22.0 Å². The number of rotatable bonds is 4. The van der Waals surface area contributed by atoms with Crippen LogP contribution in [0.4, 0.5) is 4.39 Å². The van der Waals surface area contributed by atoms with Crippen LogP contribution in [0.1, 0.15) is 37.2 Å². The summed E-state index contributed by atoms with van der Waals surface area (Å²) in [5.41, 5.74) is 7.89. The van der Waals surface area contributed by atoms with Gasteiger partial charge in [-0.05, 0) is 31.5 Å². The van der Waals surface area contributed by atoms with Crippen LogP contribution in [0.25, 0.3) is 0 Å². The summed E-state index contributed by atoms with van der Waals surface area (Å²) in [6.45, 7) is 4.03. The Bertz CT molecular complexity index is 612. The molecule has 0 fully saturated rings. The summed E-state index contributed by atoms with van der Waals surface area (Å²) in [5, 5.41) is 4.30. The first-order chi connectivity index (χ1) is 9.45. The largest absolute Gasteiger partial charge is 0.493 e. The molecule has 6 heteroatoms. The molecule has 20 heavy (non-hydrogen) atoms. The highest BCUT2D eigenvalue weighted by Gasteiger charge is 2.23. The van der Waals surface area contributed by atoms with E-state index in [4.69, 9.17) is 10.5 Å². The first-order valence-corrected chi connectivity index (χ1v) is 7.07. The summed E-state index contributed by atoms with van der Waals surface area (Å²) in [6, 6.07) is 4.16. The Kier molecular flexibility index (Phi) is 4.45. The molecule has 1 aromatic heterocycles. The van der Waals surface area contributed by atoms with Crippen molar-refractivity contribution in [3.8, 4) is 5.75 Å². The van der Waals surface area contributed by atoms with Gasteiger partial charge in [0.25, 0.3) is 0 Å². The van der Waals surface area contributed by atoms with Crippen LogP contribution in [0, 0.1) is 5.82 Å². The molecule has 0 aliphatic rings. The lowest BCUT2D eigenvalue weighted by Gasteiger charge is -2.19. The van der Waals surface area contributed by atoms with Gasteiger partial charge in [0.2, 0.25) is 0 Å². The van der Waals surface area contributed by atoms with E-state index >= 15 is 0 Å². The summed E-state index contributed by atoms with van der Waals surface area (Å²) < 4.78 is 21.0. The van der Waals surface area contributed by atoms with Crippen LogP contribution in [0.15, 0.2) is 28.9 Å². The van der Waals surface area contributed by atoms with Crippen molar-refractivity contribution in [1.29, 1.82) is 0 Å². The number of methoxy groups -OCH3 is 1. The maximum atomic E-state index is 13.2. The fraction of sp³-hybridized carbons (Fsp3) is 0.357. The molecule has 0 saturated heterocycles. The third-order valence-corrected chi connectivity index (χ3v) is 3.79. The smallest absolute Gasteiger partial charge is 0.161 e. The van der Waals surface area contributed by atoms with E-state index in [1.54, 1.807) is 19.4 Å². The minimum absolute atomic E-state index is 0.152. The molecule has 1 unspecified atom stereocenters. The Balaban J connectivity index is 2.52. The highest BCUT2D eigenvalue weighted by atomic mass is 79.9. The molecule has 2 aromatic rings. The number of aromatic nitrogens is 2. The Labute approximate surface area is 125 Å². The van der Waals surface area contributed by atoms with Crippen LogP contribution in [-0.2, 0) is 0 Å². The highest BCUT2D eigenvalue weighted by Crippen LogP contribution is 2.33. The third kappa shape index (κ3) is 2.71. The number of hydrogen-bond acceptors (Lipinski definition) is 3. The summed E-state index contributed by atoms with van der Waals surface area (Å²) in [5.74, 6) is 0.319. The summed E-state index contributed by atoms with van der Waals surface area (Å²) >= 11 is 3.35. The number of benzene rings is 1. The molecule has 0 radical (unpaired) electrons. The van der Waals surface area contributed by atoms with Crippen LogP contribution in [-0.4, -0.2) is 16.9 Å². The van der Waals surface area contributed by atoms with Gasteiger partial charge in [-0.2, -0.15) is 5.10 Å². The van der Waals surface area contributed by atoms with Gasteiger partial charge < -0.3 is 10.5 Å². The van der Waals surface area contributed by atoms with Gasteiger partial charge in [0.1, 0.15) is 11.5 Å². The van der Waals surface area contributed by atoms with Crippen LogP contribution in [0.3, 0.4) is 0 Å². The van der Waals surface area contributed by atoms with Crippen LogP contribution in [0.5, 0.6) is 5.75 Å². The molecule has 1 heterocycles. The normalized spacial score (nSPS) is 12.8. The SMILES string of the molecule is COc1cnn(C(C)C)c1C(N)c1ccc(F)cc1Br. The molecule has 2 rings (SSSR count). The molecule has 0 saturated carbocycles. The van der Waals surface area contributed by atoms with Crippen molar-refractivity contribution in [2.75, 3.05) is 7.11 Å². The number of nitrogens with zero attached hydrogens (tertiary/aromatic N) is 2. The second-order valence-corrected chi connectivity index (χ2v) is 5.63. The topological polar surface area (TPSA) is 53.1 Å². The van der Waals surface area contributed by atoms with Crippen molar-refractivity contribution in [3.05, 3.63) is 45.9 Å². The molecule has 1 aromatic carbocycles. The molecule has 108 valence electrons. The van der Waals surface area contributed by atoms with Gasteiger partial charge in [-0.15, -0.1) is 0 Å². The fourth-order valence-corrected chi connectivity index (χ4v) is 2.72. The monoisotopic (exact) mass is 341 g/mol. The zero-order chi connectivity index (χ0) is 14.9. The Morgan fingerprint density at radius 2 is 2.10 bits per heavy atom. The van der Waals surface area contributed by atoms with Gasteiger partial charge in [-0.25, -0.2) is 4.39 Å². The standard InChI is InChI=1S/C14H17BrFN3O/c1-8(2)19-14(12(20-3)7-18-19)13(17)10-5-4-9(16)6-11(10)15/h4-8,13H,17H2,1-3H3. The van der Waals surface area contributed by atoms with Gasteiger partial charge >= 0.3 is 0 Å². The molecule has 0 aliphatic carbocycles. The second-order valence-electron chi connectivity index (χ2n) is 4.78. The fourth-order valence-electron chi connectivity index (χ4n) is 2.12. The van der Waals surface area contributed by atoms with Gasteiger partial charge in [0.15, 0.2) is 5.75 Å². The van der Waals surface area contributed by atoms with Crippen molar-refractivity contribution in [2.24, 2.45) is 5.73 Å². The van der Waals surface area contributed by atoms with Gasteiger partial charge in [0, 0.05) is 10.5 Å². The molecule has 0 bridgehead atoms. The highest BCUT2D eigenvalue weighted by molar-refractivity contribution is 9.10. The average molecular weight is 342 g/mol. The zero-order valence-electron chi connectivity index (χ0n) is 11.6. The van der Waals surface area contributed by atoms with Crippen molar-refractivity contribution in [1.82, 2.24) is 9.78 Å². The maximum absolute atomic E-state index is 13.2. The van der Waals surface area contributed by atoms with E-state index in [1.807, 2.05) is 18.5 Å². The van der Waals surface area contributed by atoms with Crippen LogP contribution >= 0.6 is 15.9 Å². The molecule has 1 atom stereocenters. The summed E-state index contributed by atoms with van der Waals surface area (Å²) in [6.07, 6.45) is 1.65. The van der Waals surface area contributed by atoms with E-state index in [1.165, 1.54) is 12.1 Å². The van der Waals surface area contributed by atoms with E-state index in [-0.39, 0.29) is 11.9 Å². The van der Waals surface area contributed by atoms with E-state index in [2.05, 4.69) is 21.0 Å². The predicted octanol–water partition coefficient (Wildman–Crippen LogP) is 3.42. The first kappa shape index (κ1) is 15.0. The van der Waals surface area contributed by atoms with Gasteiger partial charge in [0.05, 0.1) is 19.3 Å². The molecule has 2 N–H and O–H groups in total. The quantitative estimate of drug-likeness (QED) is 0.926. The lowest BCUT2D eigenvalue weighted by atomic mass is 10.0. The molecule has 0 spiro atoms. The van der Waals surface area contributed by atoms with Crippen LogP contribution < -0.4 is 10.5 Å². The number of halogens is 2. The number of nitrogens with two attached hydrogens (primary N) is 1. The van der Waals surface area contributed by atoms with Crippen molar-refractivity contribution in [3.63, 3.8) is 0 Å². The van der Waals surface area contributed by atoms with Gasteiger partial charge in [-0.3, -0.25) is 4.68 Å². The number of hydrogen-bond donors (Lipinski definition) is 1. The van der Waals surface area contributed by atoms with E-state index in [9.17, 15) is 4.39 Å². The lowest BCUT2D eigenvalue weighted by Crippen LogP contribution is -2.20. The van der Waals surface area contributed by atoms with E-state index < -0.39 is 6.04 Å². The second kappa shape index (κ2) is 5.93. The van der Waals surface area contributed by atoms with E-state index in [0.717, 1.165) is 11.3 Å². The zero-order valence-corrected chi connectivity index (χ0v) is 13.2. The summed E-state index contributed by atoms with van der Waals surface area (Å²) in [7, 11) is 1.58. The van der Waals surface area contributed by atoms with Crippen molar-refractivity contribution >= 4 is 15.9 Å². The number of ether oxygens (including phenoxy) is 1. The summed E-state index contributed by atoms with van der Waals surface area (Å²) in [4.78, 5) is 0. The Morgan fingerprint density at radius 1 is 1.40 bits per heavy atom. The third-order valence-electron chi connectivity index (χ3n) is 3.10. The minimum atomic E-state index is -0.454. The lowest BCUT2D eigenvalue weighted by molar-refractivity contribution is 0.400.